The Morgan fingerprint density at radius 1 is 1.26 bits per heavy atom. The lowest BCUT2D eigenvalue weighted by Gasteiger charge is -2.17. The summed E-state index contributed by atoms with van der Waals surface area (Å²) in [5, 5.41) is 2.79. The molecule has 3 N–H and O–H groups in total. The summed E-state index contributed by atoms with van der Waals surface area (Å²) in [5.74, 6) is 0.610. The van der Waals surface area contributed by atoms with Crippen LogP contribution in [0, 0.1) is 0 Å². The number of nitrogens with two attached hydrogens (primary N) is 1. The van der Waals surface area contributed by atoms with Crippen LogP contribution < -0.4 is 15.8 Å². The molecule has 0 atom stereocenters. The molecule has 106 valence electrons. The van der Waals surface area contributed by atoms with E-state index in [0.29, 0.717) is 19.8 Å². The fourth-order valence-corrected chi connectivity index (χ4v) is 1.36. The largest absolute Gasteiger partial charge is 0.491 e. The number of ether oxygens (including phenoxy) is 2. The molecule has 0 aromatic heterocycles. The van der Waals surface area contributed by atoms with Crippen LogP contribution in [0.2, 0.25) is 0 Å². The lowest BCUT2D eigenvalue weighted by Crippen LogP contribution is -2.48. The van der Waals surface area contributed by atoms with E-state index in [-0.39, 0.29) is 5.91 Å². The van der Waals surface area contributed by atoms with Gasteiger partial charge in [0, 0.05) is 13.7 Å². The Kier molecular flexibility index (Phi) is 5.79. The minimum Gasteiger partial charge on any atom is -0.491 e. The van der Waals surface area contributed by atoms with Gasteiger partial charge in [0.25, 0.3) is 0 Å². The molecule has 0 aliphatic rings. The van der Waals surface area contributed by atoms with Crippen molar-refractivity contribution in [3.63, 3.8) is 0 Å². The summed E-state index contributed by atoms with van der Waals surface area (Å²) in [7, 11) is 1.63. The van der Waals surface area contributed by atoms with Crippen LogP contribution in [-0.4, -0.2) is 31.8 Å². The number of carbonyl (C=O) groups excluding carboxylic acids is 1. The molecule has 1 amide bonds. The van der Waals surface area contributed by atoms with Crippen LogP contribution in [0.4, 0.5) is 0 Å². The maximum Gasteiger partial charge on any atom is 0.239 e. The molecule has 19 heavy (non-hydrogen) atoms. The van der Waals surface area contributed by atoms with Gasteiger partial charge in [-0.3, -0.25) is 4.79 Å². The molecule has 0 radical (unpaired) electrons. The van der Waals surface area contributed by atoms with Crippen molar-refractivity contribution in [2.45, 2.75) is 25.9 Å². The summed E-state index contributed by atoms with van der Waals surface area (Å²) < 4.78 is 10.3. The van der Waals surface area contributed by atoms with Gasteiger partial charge in [-0.1, -0.05) is 12.1 Å². The zero-order valence-corrected chi connectivity index (χ0v) is 11.7. The number of benzene rings is 1. The van der Waals surface area contributed by atoms with Gasteiger partial charge >= 0.3 is 0 Å². The van der Waals surface area contributed by atoms with E-state index >= 15 is 0 Å². The second-order valence-electron chi connectivity index (χ2n) is 4.89. The number of methoxy groups -OCH3 is 1. The fraction of sp³-hybridized carbons (Fsp3) is 0.500. The Bertz CT molecular complexity index is 396. The highest BCUT2D eigenvalue weighted by Crippen LogP contribution is 2.12. The highest BCUT2D eigenvalue weighted by Gasteiger charge is 2.20. The predicted octanol–water partition coefficient (Wildman–Crippen LogP) is 1.07. The molecule has 0 aliphatic carbocycles. The van der Waals surface area contributed by atoms with Crippen molar-refractivity contribution in [2.24, 2.45) is 5.73 Å². The first-order chi connectivity index (χ1) is 8.93. The predicted molar refractivity (Wildman–Crippen MR) is 73.9 cm³/mol. The monoisotopic (exact) mass is 266 g/mol. The molecule has 0 spiro atoms. The number of rotatable bonds is 7. The number of hydrogen-bond acceptors (Lipinski definition) is 4. The molecule has 5 nitrogen and oxygen atoms in total. The van der Waals surface area contributed by atoms with Gasteiger partial charge in [-0.05, 0) is 31.5 Å². The summed E-state index contributed by atoms with van der Waals surface area (Å²) in [6, 6.07) is 7.55. The van der Waals surface area contributed by atoms with Crippen molar-refractivity contribution in [1.29, 1.82) is 0 Å². The fourth-order valence-electron chi connectivity index (χ4n) is 1.36. The number of carbonyl (C=O) groups is 1. The summed E-state index contributed by atoms with van der Waals surface area (Å²) in [6.07, 6.45) is 0. The van der Waals surface area contributed by atoms with Crippen molar-refractivity contribution in [1.82, 2.24) is 5.32 Å². The van der Waals surface area contributed by atoms with Crippen molar-refractivity contribution in [3.8, 4) is 5.75 Å². The molecule has 0 bridgehead atoms. The maximum atomic E-state index is 11.6. The van der Waals surface area contributed by atoms with Gasteiger partial charge in [0.15, 0.2) is 0 Å². The molecule has 0 heterocycles. The van der Waals surface area contributed by atoms with Gasteiger partial charge < -0.3 is 20.5 Å². The summed E-state index contributed by atoms with van der Waals surface area (Å²) in [6.45, 7) is 4.89. The molecule has 0 saturated carbocycles. The highest BCUT2D eigenvalue weighted by molar-refractivity contribution is 5.84. The summed E-state index contributed by atoms with van der Waals surface area (Å²) in [4.78, 5) is 11.6. The molecule has 1 aromatic rings. The first-order valence-corrected chi connectivity index (χ1v) is 6.21. The second-order valence-corrected chi connectivity index (χ2v) is 4.89. The van der Waals surface area contributed by atoms with E-state index < -0.39 is 5.54 Å². The molecule has 0 saturated heterocycles. The minimum atomic E-state index is -0.858. The Balaban J connectivity index is 2.42. The average molecular weight is 266 g/mol. The third kappa shape index (κ3) is 5.72. The van der Waals surface area contributed by atoms with Gasteiger partial charge in [0.2, 0.25) is 5.91 Å². The number of nitrogens with one attached hydrogen (secondary N) is 1. The first-order valence-electron chi connectivity index (χ1n) is 6.21. The SMILES string of the molecule is COCCOc1ccc(CNC(=O)C(C)(C)N)cc1. The van der Waals surface area contributed by atoms with E-state index in [2.05, 4.69) is 5.32 Å². The molecule has 0 aliphatic heterocycles. The topological polar surface area (TPSA) is 73.6 Å². The smallest absolute Gasteiger partial charge is 0.239 e. The third-order valence-electron chi connectivity index (χ3n) is 2.52. The van der Waals surface area contributed by atoms with Gasteiger partial charge in [-0.25, -0.2) is 0 Å². The molecular formula is C14H22N2O3. The molecule has 0 fully saturated rings. The maximum absolute atomic E-state index is 11.6. The minimum absolute atomic E-state index is 0.173. The zero-order chi connectivity index (χ0) is 14.3. The van der Waals surface area contributed by atoms with Crippen LogP contribution in [-0.2, 0) is 16.1 Å². The normalized spacial score (nSPS) is 11.2. The Labute approximate surface area is 114 Å². The third-order valence-corrected chi connectivity index (χ3v) is 2.52. The van der Waals surface area contributed by atoms with E-state index in [1.165, 1.54) is 0 Å². The summed E-state index contributed by atoms with van der Waals surface area (Å²) in [5.41, 5.74) is 5.83. The van der Waals surface area contributed by atoms with Crippen LogP contribution in [0.1, 0.15) is 19.4 Å². The van der Waals surface area contributed by atoms with Crippen molar-refractivity contribution >= 4 is 5.91 Å². The average Bonchev–Trinajstić information content (AvgIpc) is 2.36. The van der Waals surface area contributed by atoms with Crippen molar-refractivity contribution < 1.29 is 14.3 Å². The van der Waals surface area contributed by atoms with Gasteiger partial charge in [0.05, 0.1) is 12.1 Å². The van der Waals surface area contributed by atoms with Crippen LogP contribution in [0.3, 0.4) is 0 Å². The molecule has 0 unspecified atom stereocenters. The van der Waals surface area contributed by atoms with Gasteiger partial charge in [0.1, 0.15) is 12.4 Å². The summed E-state index contributed by atoms with van der Waals surface area (Å²) >= 11 is 0. The Hall–Kier alpha value is -1.59. The van der Waals surface area contributed by atoms with Gasteiger partial charge in [-0.15, -0.1) is 0 Å². The van der Waals surface area contributed by atoms with Crippen LogP contribution in [0.25, 0.3) is 0 Å². The molecule has 1 aromatic carbocycles. The van der Waals surface area contributed by atoms with E-state index in [9.17, 15) is 4.79 Å². The first kappa shape index (κ1) is 15.5. The second kappa shape index (κ2) is 7.11. The van der Waals surface area contributed by atoms with Crippen LogP contribution in [0.15, 0.2) is 24.3 Å². The van der Waals surface area contributed by atoms with Crippen LogP contribution >= 0.6 is 0 Å². The standard InChI is InChI=1S/C14H22N2O3/c1-14(2,15)13(17)16-10-11-4-6-12(7-5-11)19-9-8-18-3/h4-7H,8-10,15H2,1-3H3,(H,16,17). The number of hydrogen-bond donors (Lipinski definition) is 2. The van der Waals surface area contributed by atoms with Gasteiger partial charge in [-0.2, -0.15) is 0 Å². The van der Waals surface area contributed by atoms with Crippen molar-refractivity contribution in [3.05, 3.63) is 29.8 Å². The van der Waals surface area contributed by atoms with E-state index in [1.54, 1.807) is 21.0 Å². The quantitative estimate of drug-likeness (QED) is 0.724. The van der Waals surface area contributed by atoms with E-state index in [0.717, 1.165) is 11.3 Å². The number of amides is 1. The molecule has 1 rings (SSSR count). The Morgan fingerprint density at radius 3 is 2.42 bits per heavy atom. The van der Waals surface area contributed by atoms with Crippen molar-refractivity contribution in [2.75, 3.05) is 20.3 Å². The van der Waals surface area contributed by atoms with E-state index in [4.69, 9.17) is 15.2 Å². The lowest BCUT2D eigenvalue weighted by atomic mass is 10.1. The highest BCUT2D eigenvalue weighted by atomic mass is 16.5. The Morgan fingerprint density at radius 2 is 1.89 bits per heavy atom. The van der Waals surface area contributed by atoms with E-state index in [1.807, 2.05) is 24.3 Å². The lowest BCUT2D eigenvalue weighted by molar-refractivity contribution is -0.125. The van der Waals surface area contributed by atoms with Crippen LogP contribution in [0.5, 0.6) is 5.75 Å². The molecular weight excluding hydrogens is 244 g/mol. The zero-order valence-electron chi connectivity index (χ0n) is 11.7. The molecule has 5 heteroatoms.